The summed E-state index contributed by atoms with van der Waals surface area (Å²) >= 11 is 1.30. The average Bonchev–Trinajstić information content (AvgIpc) is 3.28. The molecule has 1 aliphatic heterocycles. The van der Waals surface area contributed by atoms with Crippen LogP contribution in [0.25, 0.3) is 0 Å². The van der Waals surface area contributed by atoms with Crippen LogP contribution in [0.4, 0.5) is 0 Å². The van der Waals surface area contributed by atoms with Crippen molar-refractivity contribution in [3.63, 3.8) is 0 Å². The summed E-state index contributed by atoms with van der Waals surface area (Å²) in [4.78, 5) is 28.1. The first-order chi connectivity index (χ1) is 13.4. The number of hydrogen-bond donors (Lipinski definition) is 1. The Balaban J connectivity index is 1.96. The molecule has 0 fully saturated rings. The number of amides is 1. The number of hydrogen-bond acceptors (Lipinski definition) is 5. The summed E-state index contributed by atoms with van der Waals surface area (Å²) in [5.74, 6) is -1.25. The SMILES string of the molecule is Cc1ccccc1C1C(C(=O)c2cccs2)=C(O)C(=O)N1CCCOC(C)C. The van der Waals surface area contributed by atoms with E-state index in [0.717, 1.165) is 11.1 Å². The average molecular weight is 400 g/mol. The Bertz CT molecular complexity index is 886. The minimum Gasteiger partial charge on any atom is -0.503 e. The molecule has 0 aliphatic carbocycles. The molecule has 1 atom stereocenters. The summed E-state index contributed by atoms with van der Waals surface area (Å²) in [6, 6.07) is 10.6. The van der Waals surface area contributed by atoms with Crippen molar-refractivity contribution >= 4 is 23.0 Å². The van der Waals surface area contributed by atoms with Crippen molar-refractivity contribution in [1.82, 2.24) is 4.90 Å². The molecule has 1 amide bonds. The fourth-order valence-corrected chi connectivity index (χ4v) is 4.11. The maximum Gasteiger partial charge on any atom is 0.290 e. The van der Waals surface area contributed by atoms with E-state index in [1.165, 1.54) is 11.3 Å². The van der Waals surface area contributed by atoms with E-state index in [-0.39, 0.29) is 17.5 Å². The van der Waals surface area contributed by atoms with Crippen molar-refractivity contribution < 1.29 is 19.4 Å². The van der Waals surface area contributed by atoms with Crippen LogP contribution in [0, 0.1) is 6.92 Å². The number of benzene rings is 1. The maximum atomic E-state index is 13.1. The molecule has 0 saturated carbocycles. The van der Waals surface area contributed by atoms with Gasteiger partial charge in [-0.25, -0.2) is 0 Å². The lowest BCUT2D eigenvalue weighted by Gasteiger charge is -2.28. The highest BCUT2D eigenvalue weighted by atomic mass is 32.1. The molecule has 0 bridgehead atoms. The molecule has 3 rings (SSSR count). The number of carbonyl (C=O) groups is 2. The van der Waals surface area contributed by atoms with Gasteiger partial charge in [0.25, 0.3) is 5.91 Å². The first-order valence-electron chi connectivity index (χ1n) is 9.41. The van der Waals surface area contributed by atoms with Crippen molar-refractivity contribution in [2.75, 3.05) is 13.2 Å². The number of aryl methyl sites for hydroxylation is 1. The number of aliphatic hydroxyl groups is 1. The number of nitrogens with zero attached hydrogens (tertiary/aromatic N) is 1. The Morgan fingerprint density at radius 3 is 2.64 bits per heavy atom. The number of rotatable bonds is 8. The first-order valence-corrected chi connectivity index (χ1v) is 10.3. The fraction of sp³-hybridized carbons (Fsp3) is 0.364. The van der Waals surface area contributed by atoms with E-state index in [4.69, 9.17) is 4.74 Å². The number of thiophene rings is 1. The van der Waals surface area contributed by atoms with E-state index >= 15 is 0 Å². The quantitative estimate of drug-likeness (QED) is 0.526. The van der Waals surface area contributed by atoms with Gasteiger partial charge in [-0.15, -0.1) is 11.3 Å². The van der Waals surface area contributed by atoms with Crippen LogP contribution in [0.5, 0.6) is 0 Å². The highest BCUT2D eigenvalue weighted by molar-refractivity contribution is 7.12. The molecule has 2 heterocycles. The zero-order chi connectivity index (χ0) is 20.3. The third-order valence-electron chi connectivity index (χ3n) is 4.77. The van der Waals surface area contributed by atoms with Crippen LogP contribution in [-0.4, -0.2) is 41.0 Å². The largest absolute Gasteiger partial charge is 0.503 e. The lowest BCUT2D eigenvalue weighted by Crippen LogP contribution is -2.33. The summed E-state index contributed by atoms with van der Waals surface area (Å²) in [6.07, 6.45) is 0.740. The Hall–Kier alpha value is -2.44. The van der Waals surface area contributed by atoms with E-state index in [1.54, 1.807) is 17.0 Å². The molecule has 2 aromatic rings. The molecule has 1 aromatic carbocycles. The summed E-state index contributed by atoms with van der Waals surface area (Å²) in [5, 5.41) is 12.4. The van der Waals surface area contributed by atoms with Gasteiger partial charge in [-0.3, -0.25) is 9.59 Å². The number of ketones is 1. The second-order valence-electron chi connectivity index (χ2n) is 7.10. The van der Waals surface area contributed by atoms with Gasteiger partial charge in [-0.05, 0) is 49.8 Å². The van der Waals surface area contributed by atoms with E-state index in [0.29, 0.717) is 24.4 Å². The van der Waals surface area contributed by atoms with E-state index in [2.05, 4.69) is 0 Å². The number of carbonyl (C=O) groups excluding carboxylic acids is 2. The van der Waals surface area contributed by atoms with Gasteiger partial charge in [0, 0.05) is 13.2 Å². The van der Waals surface area contributed by atoms with E-state index in [1.807, 2.05) is 50.4 Å². The predicted octanol–water partition coefficient (Wildman–Crippen LogP) is 4.45. The highest BCUT2D eigenvalue weighted by Crippen LogP contribution is 2.40. The Labute approximate surface area is 169 Å². The Kier molecular flexibility index (Phi) is 6.31. The first kappa shape index (κ1) is 20.3. The van der Waals surface area contributed by atoms with Crippen LogP contribution in [0.2, 0.25) is 0 Å². The van der Waals surface area contributed by atoms with Crippen LogP contribution in [-0.2, 0) is 9.53 Å². The lowest BCUT2D eigenvalue weighted by molar-refractivity contribution is -0.129. The zero-order valence-electron chi connectivity index (χ0n) is 16.3. The molecular weight excluding hydrogens is 374 g/mol. The predicted molar refractivity (Wildman–Crippen MR) is 110 cm³/mol. The number of Topliss-reactive ketones (excluding diaryl/α,β-unsaturated/α-hetero) is 1. The standard InChI is InChI=1S/C22H25NO4S/c1-14(2)27-12-7-11-23-19(16-9-5-4-8-15(16)3)18(21(25)22(23)26)20(24)17-10-6-13-28-17/h4-6,8-10,13-14,19,25H,7,11-12H2,1-3H3. The van der Waals surface area contributed by atoms with Crippen LogP contribution in [0.1, 0.15) is 47.1 Å². The lowest BCUT2D eigenvalue weighted by atomic mass is 9.92. The van der Waals surface area contributed by atoms with Crippen molar-refractivity contribution in [2.45, 2.75) is 39.3 Å². The third kappa shape index (κ3) is 4.03. The zero-order valence-corrected chi connectivity index (χ0v) is 17.2. The molecule has 28 heavy (non-hydrogen) atoms. The van der Waals surface area contributed by atoms with Crippen LogP contribution in [0.15, 0.2) is 53.1 Å². The van der Waals surface area contributed by atoms with Crippen LogP contribution < -0.4 is 0 Å². The second kappa shape index (κ2) is 8.71. The van der Waals surface area contributed by atoms with Crippen LogP contribution >= 0.6 is 11.3 Å². The molecule has 5 nitrogen and oxygen atoms in total. The molecule has 6 heteroatoms. The monoisotopic (exact) mass is 399 g/mol. The second-order valence-corrected chi connectivity index (χ2v) is 8.05. The number of aliphatic hydroxyl groups excluding tert-OH is 1. The van der Waals surface area contributed by atoms with Gasteiger partial charge in [0.2, 0.25) is 5.78 Å². The van der Waals surface area contributed by atoms with Gasteiger partial charge in [0.05, 0.1) is 22.6 Å². The Morgan fingerprint density at radius 2 is 2.00 bits per heavy atom. The van der Waals surface area contributed by atoms with Crippen molar-refractivity contribution in [1.29, 1.82) is 0 Å². The normalized spacial score (nSPS) is 17.1. The molecule has 0 saturated heterocycles. The minimum atomic E-state index is -0.595. The van der Waals surface area contributed by atoms with Crippen molar-refractivity contribution in [3.05, 3.63) is 69.1 Å². The molecular formula is C22H25NO4S. The maximum absolute atomic E-state index is 13.1. The van der Waals surface area contributed by atoms with Gasteiger partial charge >= 0.3 is 0 Å². The molecule has 1 aromatic heterocycles. The van der Waals surface area contributed by atoms with Gasteiger partial charge < -0.3 is 14.7 Å². The summed E-state index contributed by atoms with van der Waals surface area (Å²) < 4.78 is 5.58. The van der Waals surface area contributed by atoms with Crippen molar-refractivity contribution in [3.8, 4) is 0 Å². The van der Waals surface area contributed by atoms with Gasteiger partial charge in [-0.1, -0.05) is 30.3 Å². The topological polar surface area (TPSA) is 66.8 Å². The summed E-state index contributed by atoms with van der Waals surface area (Å²) in [6.45, 7) is 6.78. The molecule has 148 valence electrons. The summed E-state index contributed by atoms with van der Waals surface area (Å²) in [5.41, 5.74) is 1.98. The van der Waals surface area contributed by atoms with Gasteiger partial charge in [0.1, 0.15) is 0 Å². The molecule has 0 radical (unpaired) electrons. The van der Waals surface area contributed by atoms with Gasteiger partial charge in [-0.2, -0.15) is 0 Å². The highest BCUT2D eigenvalue weighted by Gasteiger charge is 2.44. The fourth-order valence-electron chi connectivity index (χ4n) is 3.43. The molecule has 1 aliphatic rings. The van der Waals surface area contributed by atoms with Crippen LogP contribution in [0.3, 0.4) is 0 Å². The summed E-state index contributed by atoms with van der Waals surface area (Å²) in [7, 11) is 0. The number of ether oxygens (including phenoxy) is 1. The molecule has 0 spiro atoms. The van der Waals surface area contributed by atoms with Crippen molar-refractivity contribution in [2.24, 2.45) is 0 Å². The Morgan fingerprint density at radius 1 is 1.25 bits per heavy atom. The minimum absolute atomic E-state index is 0.115. The third-order valence-corrected chi connectivity index (χ3v) is 5.64. The molecule has 1 N–H and O–H groups in total. The smallest absolute Gasteiger partial charge is 0.290 e. The van der Waals surface area contributed by atoms with E-state index in [9.17, 15) is 14.7 Å². The van der Waals surface area contributed by atoms with Gasteiger partial charge in [0.15, 0.2) is 5.76 Å². The molecule has 1 unspecified atom stereocenters. The van der Waals surface area contributed by atoms with E-state index < -0.39 is 17.7 Å².